The number of nitrogens with zero attached hydrogens (tertiary/aromatic N) is 4. The summed E-state index contributed by atoms with van der Waals surface area (Å²) in [5.41, 5.74) is 1.78. The molecule has 0 saturated carbocycles. The SMILES string of the molecule is Cc1nnc(N2CC(CCl)OCC2C)nc1C. The van der Waals surface area contributed by atoms with Crippen molar-refractivity contribution in [2.75, 3.05) is 23.9 Å². The highest BCUT2D eigenvalue weighted by Crippen LogP contribution is 2.18. The van der Waals surface area contributed by atoms with Crippen LogP contribution in [0.4, 0.5) is 5.95 Å². The molecule has 2 unspecified atom stereocenters. The molecule has 0 spiro atoms. The second-order valence-electron chi connectivity index (χ2n) is 4.39. The molecule has 1 aliphatic heterocycles. The molecule has 1 fully saturated rings. The van der Waals surface area contributed by atoms with Crippen molar-refractivity contribution in [2.24, 2.45) is 0 Å². The van der Waals surface area contributed by atoms with E-state index in [1.807, 2.05) is 13.8 Å². The first kappa shape index (κ1) is 12.5. The van der Waals surface area contributed by atoms with E-state index in [0.29, 0.717) is 18.4 Å². The molecule has 2 heterocycles. The molecule has 0 aromatic carbocycles. The molecular weight excluding hydrogens is 240 g/mol. The maximum absolute atomic E-state index is 5.83. The summed E-state index contributed by atoms with van der Waals surface area (Å²) in [6.45, 7) is 7.30. The number of alkyl halides is 1. The minimum Gasteiger partial charge on any atom is -0.373 e. The predicted molar refractivity (Wildman–Crippen MR) is 66.6 cm³/mol. The summed E-state index contributed by atoms with van der Waals surface area (Å²) in [6.07, 6.45) is 0.0399. The molecular formula is C11H17ClN4O. The Kier molecular flexibility index (Phi) is 3.79. The van der Waals surface area contributed by atoms with E-state index in [4.69, 9.17) is 16.3 Å². The number of rotatable bonds is 2. The third kappa shape index (κ3) is 2.66. The Hall–Kier alpha value is -0.940. The van der Waals surface area contributed by atoms with E-state index in [9.17, 15) is 0 Å². The van der Waals surface area contributed by atoms with Crippen LogP contribution in [0.25, 0.3) is 0 Å². The van der Waals surface area contributed by atoms with Crippen molar-refractivity contribution < 1.29 is 4.74 Å². The summed E-state index contributed by atoms with van der Waals surface area (Å²) < 4.78 is 5.60. The molecule has 1 aromatic rings. The average Bonchev–Trinajstić information content (AvgIpc) is 2.33. The molecule has 2 atom stereocenters. The Balaban J connectivity index is 2.21. The lowest BCUT2D eigenvalue weighted by atomic mass is 10.2. The molecule has 0 aliphatic carbocycles. The largest absolute Gasteiger partial charge is 0.373 e. The zero-order valence-electron chi connectivity index (χ0n) is 10.4. The second kappa shape index (κ2) is 5.14. The molecule has 0 radical (unpaired) electrons. The minimum absolute atomic E-state index is 0.0399. The fraction of sp³-hybridized carbons (Fsp3) is 0.727. The summed E-state index contributed by atoms with van der Waals surface area (Å²) in [6, 6.07) is 0.248. The minimum atomic E-state index is 0.0399. The average molecular weight is 257 g/mol. The third-order valence-electron chi connectivity index (χ3n) is 3.02. The number of hydrogen-bond donors (Lipinski definition) is 0. The Labute approximate surface area is 106 Å². The molecule has 0 N–H and O–H groups in total. The van der Waals surface area contributed by atoms with Gasteiger partial charge in [-0.3, -0.25) is 0 Å². The quantitative estimate of drug-likeness (QED) is 0.747. The summed E-state index contributed by atoms with van der Waals surface area (Å²) in [7, 11) is 0. The van der Waals surface area contributed by atoms with Crippen molar-refractivity contribution in [2.45, 2.75) is 32.9 Å². The maximum Gasteiger partial charge on any atom is 0.245 e. The van der Waals surface area contributed by atoms with E-state index < -0.39 is 0 Å². The zero-order chi connectivity index (χ0) is 12.4. The van der Waals surface area contributed by atoms with Crippen LogP contribution < -0.4 is 4.90 Å². The molecule has 5 nitrogen and oxygen atoms in total. The van der Waals surface area contributed by atoms with Crippen molar-refractivity contribution in [1.82, 2.24) is 15.2 Å². The summed E-state index contributed by atoms with van der Waals surface area (Å²) in [5, 5.41) is 8.26. The van der Waals surface area contributed by atoms with E-state index >= 15 is 0 Å². The van der Waals surface area contributed by atoms with Crippen molar-refractivity contribution in [3.8, 4) is 0 Å². The number of aryl methyl sites for hydroxylation is 2. The molecule has 1 saturated heterocycles. The van der Waals surface area contributed by atoms with Crippen LogP contribution >= 0.6 is 11.6 Å². The highest BCUT2D eigenvalue weighted by atomic mass is 35.5. The topological polar surface area (TPSA) is 51.1 Å². The van der Waals surface area contributed by atoms with Gasteiger partial charge in [0.1, 0.15) is 0 Å². The van der Waals surface area contributed by atoms with Crippen molar-refractivity contribution in [3.63, 3.8) is 0 Å². The fourth-order valence-electron chi connectivity index (χ4n) is 1.76. The predicted octanol–water partition coefficient (Wildman–Crippen LogP) is 1.32. The van der Waals surface area contributed by atoms with Gasteiger partial charge in [-0.2, -0.15) is 5.10 Å². The smallest absolute Gasteiger partial charge is 0.245 e. The summed E-state index contributed by atoms with van der Waals surface area (Å²) in [5.74, 6) is 1.15. The molecule has 0 amide bonds. The first-order valence-electron chi connectivity index (χ1n) is 5.74. The van der Waals surface area contributed by atoms with Crippen LogP contribution in [0.1, 0.15) is 18.3 Å². The van der Waals surface area contributed by atoms with Gasteiger partial charge in [0.25, 0.3) is 0 Å². The molecule has 94 valence electrons. The highest BCUT2D eigenvalue weighted by molar-refractivity contribution is 6.18. The van der Waals surface area contributed by atoms with E-state index in [1.54, 1.807) is 0 Å². The first-order chi connectivity index (χ1) is 8.11. The second-order valence-corrected chi connectivity index (χ2v) is 4.70. The van der Waals surface area contributed by atoms with Gasteiger partial charge in [-0.15, -0.1) is 16.7 Å². The van der Waals surface area contributed by atoms with E-state index in [0.717, 1.165) is 17.9 Å². The summed E-state index contributed by atoms with van der Waals surface area (Å²) in [4.78, 5) is 6.58. The maximum atomic E-state index is 5.83. The van der Waals surface area contributed by atoms with Gasteiger partial charge in [0.05, 0.1) is 36.0 Å². The number of halogens is 1. The number of morpholine rings is 1. The van der Waals surface area contributed by atoms with Gasteiger partial charge in [-0.25, -0.2) is 4.98 Å². The van der Waals surface area contributed by atoms with E-state index in [2.05, 4.69) is 27.0 Å². The number of hydrogen-bond acceptors (Lipinski definition) is 5. The van der Waals surface area contributed by atoms with Crippen molar-refractivity contribution >= 4 is 17.5 Å². The van der Waals surface area contributed by atoms with Gasteiger partial charge in [0, 0.05) is 6.54 Å². The van der Waals surface area contributed by atoms with Crippen LogP contribution in [0.3, 0.4) is 0 Å². The van der Waals surface area contributed by atoms with E-state index in [1.165, 1.54) is 0 Å². The Morgan fingerprint density at radius 1 is 1.35 bits per heavy atom. The van der Waals surface area contributed by atoms with Crippen LogP contribution in [0.5, 0.6) is 0 Å². The Bertz CT molecular complexity index is 401. The van der Waals surface area contributed by atoms with Crippen LogP contribution in [-0.2, 0) is 4.74 Å². The number of ether oxygens (including phenoxy) is 1. The molecule has 17 heavy (non-hydrogen) atoms. The van der Waals surface area contributed by atoms with Crippen LogP contribution in [0.2, 0.25) is 0 Å². The highest BCUT2D eigenvalue weighted by Gasteiger charge is 2.27. The lowest BCUT2D eigenvalue weighted by molar-refractivity contribution is 0.0357. The van der Waals surface area contributed by atoms with Gasteiger partial charge in [0.15, 0.2) is 0 Å². The molecule has 1 aliphatic rings. The summed E-state index contributed by atoms with van der Waals surface area (Å²) >= 11 is 5.83. The normalized spacial score (nSPS) is 25.1. The van der Waals surface area contributed by atoms with Gasteiger partial charge in [0.2, 0.25) is 5.95 Å². The van der Waals surface area contributed by atoms with Gasteiger partial charge < -0.3 is 9.64 Å². The first-order valence-corrected chi connectivity index (χ1v) is 6.27. The monoisotopic (exact) mass is 256 g/mol. The van der Waals surface area contributed by atoms with Crippen LogP contribution in [0.15, 0.2) is 0 Å². The Morgan fingerprint density at radius 2 is 2.12 bits per heavy atom. The number of aromatic nitrogens is 3. The fourth-order valence-corrected chi connectivity index (χ4v) is 1.94. The van der Waals surface area contributed by atoms with Crippen molar-refractivity contribution in [1.29, 1.82) is 0 Å². The molecule has 1 aromatic heterocycles. The molecule has 6 heteroatoms. The standard InChI is InChI=1S/C11H17ClN4O/c1-7-6-17-10(4-12)5-16(7)11-13-8(2)9(3)14-15-11/h7,10H,4-6H2,1-3H3. The lowest BCUT2D eigenvalue weighted by Crippen LogP contribution is -2.49. The lowest BCUT2D eigenvalue weighted by Gasteiger charge is -2.37. The van der Waals surface area contributed by atoms with Crippen LogP contribution in [-0.4, -0.2) is 46.4 Å². The molecule has 0 bridgehead atoms. The zero-order valence-corrected chi connectivity index (χ0v) is 11.1. The van der Waals surface area contributed by atoms with E-state index in [-0.39, 0.29) is 12.1 Å². The van der Waals surface area contributed by atoms with Crippen molar-refractivity contribution in [3.05, 3.63) is 11.4 Å². The van der Waals surface area contributed by atoms with Gasteiger partial charge in [-0.05, 0) is 20.8 Å². The Morgan fingerprint density at radius 3 is 2.76 bits per heavy atom. The third-order valence-corrected chi connectivity index (χ3v) is 3.36. The van der Waals surface area contributed by atoms with Gasteiger partial charge >= 0.3 is 0 Å². The molecule has 2 rings (SSSR count). The van der Waals surface area contributed by atoms with Gasteiger partial charge in [-0.1, -0.05) is 0 Å². The number of anilines is 1. The van der Waals surface area contributed by atoms with Crippen LogP contribution in [0, 0.1) is 13.8 Å².